The van der Waals surface area contributed by atoms with Crippen molar-refractivity contribution in [3.05, 3.63) is 29.6 Å². The molecule has 1 saturated heterocycles. The van der Waals surface area contributed by atoms with Gasteiger partial charge in [0.25, 0.3) is 0 Å². The SMILES string of the molecule is CC1(C)OC[C@H](CCOc2ccc(F)c(C=O)c2)O1. The molecule has 2 rings (SSSR count). The molecule has 1 aromatic carbocycles. The van der Waals surface area contributed by atoms with Gasteiger partial charge >= 0.3 is 0 Å². The summed E-state index contributed by atoms with van der Waals surface area (Å²) in [5.74, 6) is -0.607. The molecule has 1 atom stereocenters. The number of benzene rings is 1. The van der Waals surface area contributed by atoms with Gasteiger partial charge in [0.05, 0.1) is 24.9 Å². The lowest BCUT2D eigenvalue weighted by Crippen LogP contribution is -2.22. The van der Waals surface area contributed by atoms with Crippen LogP contribution >= 0.6 is 0 Å². The Morgan fingerprint density at radius 1 is 1.53 bits per heavy atom. The van der Waals surface area contributed by atoms with E-state index in [2.05, 4.69) is 0 Å². The molecular weight excluding hydrogens is 251 g/mol. The van der Waals surface area contributed by atoms with Crippen molar-refractivity contribution >= 4 is 6.29 Å². The second-order valence-electron chi connectivity index (χ2n) is 4.89. The molecule has 19 heavy (non-hydrogen) atoms. The van der Waals surface area contributed by atoms with Gasteiger partial charge in [-0.1, -0.05) is 0 Å². The number of carbonyl (C=O) groups excluding carboxylic acids is 1. The van der Waals surface area contributed by atoms with Crippen LogP contribution in [0.15, 0.2) is 18.2 Å². The van der Waals surface area contributed by atoms with Crippen LogP contribution in [-0.2, 0) is 9.47 Å². The molecule has 0 bridgehead atoms. The molecule has 0 unspecified atom stereocenters. The second kappa shape index (κ2) is 5.67. The van der Waals surface area contributed by atoms with E-state index in [0.29, 0.717) is 31.7 Å². The Bertz CT molecular complexity index is 459. The van der Waals surface area contributed by atoms with Gasteiger partial charge in [0, 0.05) is 6.42 Å². The van der Waals surface area contributed by atoms with Crippen molar-refractivity contribution in [1.82, 2.24) is 0 Å². The fourth-order valence-corrected chi connectivity index (χ4v) is 1.92. The molecule has 1 heterocycles. The zero-order chi connectivity index (χ0) is 13.9. The summed E-state index contributed by atoms with van der Waals surface area (Å²) in [6, 6.07) is 4.11. The van der Waals surface area contributed by atoms with Crippen LogP contribution in [0.4, 0.5) is 4.39 Å². The smallest absolute Gasteiger partial charge is 0.163 e. The molecule has 1 aromatic rings. The average Bonchev–Trinajstić information content (AvgIpc) is 2.71. The van der Waals surface area contributed by atoms with Crippen LogP contribution in [0.3, 0.4) is 0 Å². The van der Waals surface area contributed by atoms with E-state index in [1.54, 1.807) is 0 Å². The highest BCUT2D eigenvalue weighted by atomic mass is 19.1. The molecular formula is C14H17FO4. The van der Waals surface area contributed by atoms with Gasteiger partial charge in [0.2, 0.25) is 0 Å². The van der Waals surface area contributed by atoms with Crippen LogP contribution in [0.1, 0.15) is 30.6 Å². The fourth-order valence-electron chi connectivity index (χ4n) is 1.92. The third kappa shape index (κ3) is 3.75. The summed E-state index contributed by atoms with van der Waals surface area (Å²) in [6.07, 6.45) is 1.15. The van der Waals surface area contributed by atoms with E-state index in [1.165, 1.54) is 18.2 Å². The lowest BCUT2D eigenvalue weighted by atomic mass is 10.2. The number of ether oxygens (including phenoxy) is 3. The Hall–Kier alpha value is -1.46. The van der Waals surface area contributed by atoms with E-state index in [-0.39, 0.29) is 11.7 Å². The van der Waals surface area contributed by atoms with Crippen molar-refractivity contribution in [2.75, 3.05) is 13.2 Å². The summed E-state index contributed by atoms with van der Waals surface area (Å²) in [7, 11) is 0. The van der Waals surface area contributed by atoms with Crippen molar-refractivity contribution < 1.29 is 23.4 Å². The Morgan fingerprint density at radius 2 is 2.32 bits per heavy atom. The Kier molecular flexibility index (Phi) is 4.17. The van der Waals surface area contributed by atoms with Crippen LogP contribution < -0.4 is 4.74 Å². The first kappa shape index (κ1) is 14.0. The van der Waals surface area contributed by atoms with Gasteiger partial charge in [0.15, 0.2) is 12.1 Å². The van der Waals surface area contributed by atoms with Gasteiger partial charge in [-0.3, -0.25) is 4.79 Å². The maximum absolute atomic E-state index is 13.1. The molecule has 4 nitrogen and oxygen atoms in total. The van der Waals surface area contributed by atoms with E-state index < -0.39 is 11.6 Å². The Labute approximate surface area is 111 Å². The number of hydrogen-bond donors (Lipinski definition) is 0. The van der Waals surface area contributed by atoms with Gasteiger partial charge in [-0.2, -0.15) is 0 Å². The van der Waals surface area contributed by atoms with Gasteiger partial charge in [-0.05, 0) is 32.0 Å². The highest BCUT2D eigenvalue weighted by Gasteiger charge is 2.32. The molecule has 0 saturated carbocycles. The van der Waals surface area contributed by atoms with Gasteiger partial charge in [-0.15, -0.1) is 0 Å². The fraction of sp³-hybridized carbons (Fsp3) is 0.500. The first-order valence-electron chi connectivity index (χ1n) is 6.19. The highest BCUT2D eigenvalue weighted by molar-refractivity contribution is 5.75. The summed E-state index contributed by atoms with van der Waals surface area (Å²) >= 11 is 0. The Morgan fingerprint density at radius 3 is 2.95 bits per heavy atom. The topological polar surface area (TPSA) is 44.8 Å². The number of rotatable bonds is 5. The summed E-state index contributed by atoms with van der Waals surface area (Å²) in [6.45, 7) is 4.70. The summed E-state index contributed by atoms with van der Waals surface area (Å²) in [5.41, 5.74) is -0.000849. The van der Waals surface area contributed by atoms with Crippen LogP contribution in [0.2, 0.25) is 0 Å². The number of aldehydes is 1. The monoisotopic (exact) mass is 268 g/mol. The lowest BCUT2D eigenvalue weighted by Gasteiger charge is -2.17. The number of halogens is 1. The van der Waals surface area contributed by atoms with Crippen LogP contribution in [0.25, 0.3) is 0 Å². The zero-order valence-corrected chi connectivity index (χ0v) is 11.0. The second-order valence-corrected chi connectivity index (χ2v) is 4.89. The molecule has 5 heteroatoms. The van der Waals surface area contributed by atoms with E-state index >= 15 is 0 Å². The Balaban J connectivity index is 1.81. The van der Waals surface area contributed by atoms with E-state index in [1.807, 2.05) is 13.8 Å². The zero-order valence-electron chi connectivity index (χ0n) is 11.0. The van der Waals surface area contributed by atoms with Crippen LogP contribution in [0.5, 0.6) is 5.75 Å². The van der Waals surface area contributed by atoms with Crippen molar-refractivity contribution in [2.24, 2.45) is 0 Å². The summed E-state index contributed by atoms with van der Waals surface area (Å²) in [4.78, 5) is 10.6. The van der Waals surface area contributed by atoms with E-state index in [0.717, 1.165) is 0 Å². The van der Waals surface area contributed by atoms with Crippen LogP contribution in [0, 0.1) is 5.82 Å². The molecule has 0 spiro atoms. The molecule has 0 amide bonds. The molecule has 0 radical (unpaired) electrons. The first-order valence-corrected chi connectivity index (χ1v) is 6.19. The molecule has 0 aromatic heterocycles. The summed E-state index contributed by atoms with van der Waals surface area (Å²) < 4.78 is 29.6. The minimum Gasteiger partial charge on any atom is -0.493 e. The predicted molar refractivity (Wildman–Crippen MR) is 66.8 cm³/mol. The molecule has 1 aliphatic rings. The van der Waals surface area contributed by atoms with Gasteiger partial charge in [-0.25, -0.2) is 4.39 Å². The third-order valence-corrected chi connectivity index (χ3v) is 2.87. The van der Waals surface area contributed by atoms with Crippen molar-refractivity contribution in [3.63, 3.8) is 0 Å². The van der Waals surface area contributed by atoms with Crippen molar-refractivity contribution in [1.29, 1.82) is 0 Å². The van der Waals surface area contributed by atoms with Crippen molar-refractivity contribution in [2.45, 2.75) is 32.2 Å². The minimum absolute atomic E-state index is 0.000849. The third-order valence-electron chi connectivity index (χ3n) is 2.87. The molecule has 0 aliphatic carbocycles. The average molecular weight is 268 g/mol. The first-order chi connectivity index (χ1) is 9.00. The van der Waals surface area contributed by atoms with Gasteiger partial charge < -0.3 is 14.2 Å². The quantitative estimate of drug-likeness (QED) is 0.770. The minimum atomic E-state index is -0.545. The van der Waals surface area contributed by atoms with Gasteiger partial charge in [0.1, 0.15) is 11.6 Å². The van der Waals surface area contributed by atoms with Crippen molar-refractivity contribution in [3.8, 4) is 5.75 Å². The maximum atomic E-state index is 13.1. The van der Waals surface area contributed by atoms with Crippen LogP contribution in [-0.4, -0.2) is 31.4 Å². The normalized spacial score (nSPS) is 21.3. The molecule has 0 N–H and O–H groups in total. The standard InChI is InChI=1S/C14H17FO4/c1-14(2)18-9-12(19-14)5-6-17-11-3-4-13(15)10(7-11)8-16/h3-4,7-8,12H,5-6,9H2,1-2H3/t12-/m0/s1. The lowest BCUT2D eigenvalue weighted by molar-refractivity contribution is -0.139. The number of carbonyl (C=O) groups is 1. The predicted octanol–water partition coefficient (Wildman–Crippen LogP) is 2.56. The maximum Gasteiger partial charge on any atom is 0.163 e. The van der Waals surface area contributed by atoms with E-state index in [4.69, 9.17) is 14.2 Å². The molecule has 1 aliphatic heterocycles. The molecule has 104 valence electrons. The number of hydrogen-bond acceptors (Lipinski definition) is 4. The largest absolute Gasteiger partial charge is 0.493 e. The summed E-state index contributed by atoms with van der Waals surface area (Å²) in [5, 5.41) is 0. The van der Waals surface area contributed by atoms with E-state index in [9.17, 15) is 9.18 Å². The molecule has 1 fully saturated rings. The highest BCUT2D eigenvalue weighted by Crippen LogP contribution is 2.24.